The van der Waals surface area contributed by atoms with Crippen LogP contribution in [0.1, 0.15) is 155 Å². The number of benzene rings is 2. The number of ether oxygens (including phenoxy) is 11. The van der Waals surface area contributed by atoms with Gasteiger partial charge in [0.05, 0.1) is 128 Å². The van der Waals surface area contributed by atoms with Gasteiger partial charge >= 0.3 is 5.97 Å². The Labute approximate surface area is 725 Å². The van der Waals surface area contributed by atoms with Gasteiger partial charge in [-0.25, -0.2) is 24.1 Å². The summed E-state index contributed by atoms with van der Waals surface area (Å²) >= 11 is 0. The van der Waals surface area contributed by atoms with Gasteiger partial charge in [0.25, 0.3) is 17.7 Å². The van der Waals surface area contributed by atoms with Crippen molar-refractivity contribution in [3.63, 3.8) is 0 Å². The number of hydrogen-bond acceptors (Lipinski definition) is 30. The SMILES string of the molecule is CO[C@H]1C[C@@H]2CC[C@@H](C)[C@@](O)(O2)C(=O)C(=O)N2CCCC[C@H]2C(=O)O[C@H]([C@H](N)C[C@@H]2CC[C@@H](OCCCCc3cn(CCOCCOCCOCCOCCOCCOCCC(=O)NCc4ccc(Cn5nc(-c6ccc7oc(N)nc7c6)c6c(N)ncnc65)cc4)nn3)[C@H](OC)C2)CC(=O)[C@H](C)/C=C(\C)[C@@H](O)[C@@H](O)C(=O)[C@H](C)C[C@H](C)/C=C/C=C/C=C/1C. The van der Waals surface area contributed by atoms with Crippen LogP contribution in [0.3, 0.4) is 0 Å². The van der Waals surface area contributed by atoms with E-state index in [1.165, 1.54) is 19.3 Å². The number of nitrogens with zero attached hydrogens (tertiary/aromatic N) is 9. The van der Waals surface area contributed by atoms with Crippen molar-refractivity contribution in [3.8, 4) is 11.3 Å². The number of aryl methyl sites for hydroxylation is 1. The summed E-state index contributed by atoms with van der Waals surface area (Å²) in [5.41, 5.74) is 26.1. The molecule has 3 aliphatic heterocycles. The molecule has 1 saturated carbocycles. The Bertz CT molecular complexity index is 4530. The highest BCUT2D eigenvalue weighted by molar-refractivity contribution is 6.39. The molecule has 10 rings (SSSR count). The number of amides is 2. The summed E-state index contributed by atoms with van der Waals surface area (Å²) in [7, 11) is 3.20. The molecule has 4 aliphatic rings. The number of fused-ring (bicyclic) bond motifs is 5. The van der Waals surface area contributed by atoms with Crippen molar-refractivity contribution in [3.05, 3.63) is 119 Å². The number of rotatable bonds is 37. The fourth-order valence-electron chi connectivity index (χ4n) is 16.2. The van der Waals surface area contributed by atoms with Gasteiger partial charge in [0.15, 0.2) is 17.0 Å². The molecule has 34 heteroatoms. The largest absolute Gasteiger partial charge is 0.459 e. The maximum Gasteiger partial charge on any atom is 0.329 e. The Hall–Kier alpha value is -8.98. The molecule has 15 atom stereocenters. The van der Waals surface area contributed by atoms with Crippen molar-refractivity contribution in [1.29, 1.82) is 0 Å². The van der Waals surface area contributed by atoms with Crippen molar-refractivity contribution >= 4 is 69.1 Å². The number of unbranched alkanes of at least 4 members (excludes halogenated alkanes) is 1. The number of esters is 1. The minimum absolute atomic E-state index is 0.0251. The number of carbonyl (C=O) groups is 6. The molecule has 0 radical (unpaired) electrons. The van der Waals surface area contributed by atoms with E-state index in [1.54, 1.807) is 50.4 Å². The van der Waals surface area contributed by atoms with Gasteiger partial charge in [-0.1, -0.05) is 93.6 Å². The number of Topliss-reactive ketones (excluding diaryl/α,β-unsaturated/α-hetero) is 3. The Morgan fingerprint density at radius 1 is 0.742 bits per heavy atom. The average Bonchev–Trinajstić information content (AvgIpc) is 0.969. The normalized spacial score (nSPS) is 26.9. The number of aliphatic hydroxyl groups excluding tert-OH is 2. The summed E-state index contributed by atoms with van der Waals surface area (Å²) in [6, 6.07) is 11.3. The lowest BCUT2D eigenvalue weighted by Crippen LogP contribution is -2.61. The highest BCUT2D eigenvalue weighted by Gasteiger charge is 2.53. The number of aromatic nitrogens is 8. The predicted octanol–water partition coefficient (Wildman–Crippen LogP) is 7.82. The summed E-state index contributed by atoms with van der Waals surface area (Å²) in [4.78, 5) is 98.2. The number of cyclic esters (lactones) is 1. The third-order valence-corrected chi connectivity index (χ3v) is 23.6. The zero-order valence-corrected chi connectivity index (χ0v) is 73.0. The molecule has 2 saturated heterocycles. The highest BCUT2D eigenvalue weighted by atomic mass is 16.6. The molecule has 0 spiro atoms. The second-order valence-electron chi connectivity index (χ2n) is 33.1. The first-order valence-corrected chi connectivity index (χ1v) is 43.7. The van der Waals surface area contributed by atoms with Crippen molar-refractivity contribution in [2.24, 2.45) is 35.3 Å². The summed E-state index contributed by atoms with van der Waals surface area (Å²) in [6.45, 7) is 16.9. The van der Waals surface area contributed by atoms with Gasteiger partial charge in [0.1, 0.15) is 53.5 Å². The molecule has 3 fully saturated rings. The minimum Gasteiger partial charge on any atom is -0.459 e. The number of methoxy groups -OCH3 is 2. The smallest absolute Gasteiger partial charge is 0.329 e. The average molecular weight is 1730 g/mol. The second kappa shape index (κ2) is 49.2. The fourth-order valence-corrected chi connectivity index (χ4v) is 16.2. The molecule has 4 aromatic heterocycles. The minimum atomic E-state index is -2.49. The van der Waals surface area contributed by atoms with E-state index >= 15 is 0 Å². The van der Waals surface area contributed by atoms with Crippen LogP contribution in [0, 0.1) is 29.6 Å². The standard InChI is InChI=1S/C90H129N13O21/c1-57-16-10-9-11-17-58(2)75(113-7)51-68-27-20-62(6)90(112,124-68)84(109)87(110)102-31-14-12-19-71(102)88(111)122-76(52-72(104)59(3)47-61(5)82(107)83(108)81(106)60(4)46-57)69(91)48-65-25-28-74(77(49-65)114-8)121-33-15-13-18-67-55-101(100-98-67)32-35-116-37-39-118-41-43-120-45-44-119-42-40-117-38-36-115-34-30-78(105)94-53-63-21-23-64(24-22-63)54-103-86-79(85(92)95-56-96-86)80(99-103)66-26-29-73-70(50-66)97-89(93)123-73/h9-11,16-17,21-24,26,29,47,50,55-57,59-60,62,65,68-69,71,74-77,82-83,107-108,112H,12-15,18-20,25,27-28,30-46,48-49,51-54,91H2,1-8H3,(H2,93,97)(H,94,105)(H2,92,95,96)/b11-9+,16-10+,58-17+,61-47+/t57-,59-,60-,62-,65+,68+,69-,71+,74-,75+,76+,77-,82-,83+,90-/m1/s1. The zero-order chi connectivity index (χ0) is 88.7. The van der Waals surface area contributed by atoms with E-state index in [2.05, 4.69) is 30.6 Å². The third kappa shape index (κ3) is 28.5. The first-order chi connectivity index (χ1) is 59.8. The van der Waals surface area contributed by atoms with E-state index < -0.39 is 95.4 Å². The van der Waals surface area contributed by atoms with Crippen LogP contribution in [-0.4, -0.2) is 262 Å². The predicted molar refractivity (Wildman–Crippen MR) is 460 cm³/mol. The van der Waals surface area contributed by atoms with Crippen LogP contribution in [0.15, 0.2) is 107 Å². The number of aliphatic hydroxyl groups is 3. The van der Waals surface area contributed by atoms with Crippen LogP contribution < -0.4 is 22.5 Å². The molecular formula is C90H129N13O21. The quantitative estimate of drug-likeness (QED) is 0.00845. The number of ketones is 3. The summed E-state index contributed by atoms with van der Waals surface area (Å²) < 4.78 is 73.7. The van der Waals surface area contributed by atoms with Crippen molar-refractivity contribution in [2.75, 3.05) is 118 Å². The molecule has 2 amide bonds. The summed E-state index contributed by atoms with van der Waals surface area (Å²) in [6.07, 6.45) is 15.1. The zero-order valence-electron chi connectivity index (χ0n) is 73.0. The van der Waals surface area contributed by atoms with Gasteiger partial charge in [-0.05, 0) is 150 Å². The number of carbonyl (C=O) groups excluding carboxylic acids is 6. The van der Waals surface area contributed by atoms with Gasteiger partial charge in [-0.3, -0.25) is 24.0 Å². The lowest BCUT2D eigenvalue weighted by Gasteiger charge is -2.42. The number of hydrogen-bond donors (Lipinski definition) is 7. The first-order valence-electron chi connectivity index (χ1n) is 43.7. The van der Waals surface area contributed by atoms with E-state index in [1.807, 2.05) is 86.8 Å². The molecule has 34 nitrogen and oxygen atoms in total. The van der Waals surface area contributed by atoms with Gasteiger partial charge in [-0.2, -0.15) is 10.1 Å². The Balaban J connectivity index is 0.565. The third-order valence-electron chi connectivity index (χ3n) is 23.6. The van der Waals surface area contributed by atoms with Crippen LogP contribution in [0.2, 0.25) is 0 Å². The van der Waals surface area contributed by atoms with Crippen LogP contribution in [0.5, 0.6) is 0 Å². The monoisotopic (exact) mass is 1730 g/mol. The van der Waals surface area contributed by atoms with Crippen LogP contribution in [0.4, 0.5) is 11.8 Å². The van der Waals surface area contributed by atoms with E-state index in [4.69, 9.17) is 78.8 Å². The number of piperidine rings is 1. The highest BCUT2D eigenvalue weighted by Crippen LogP contribution is 2.39. The Morgan fingerprint density at radius 3 is 2.15 bits per heavy atom. The number of allylic oxidation sites excluding steroid dienone is 6. The van der Waals surface area contributed by atoms with Gasteiger partial charge in [0.2, 0.25) is 11.7 Å². The lowest BCUT2D eigenvalue weighted by atomic mass is 9.80. The molecule has 680 valence electrons. The molecular weight excluding hydrogens is 1600 g/mol. The van der Waals surface area contributed by atoms with E-state index in [-0.39, 0.29) is 80.4 Å². The maximum atomic E-state index is 14.7. The number of nitrogen functional groups attached to an aromatic ring is 2. The Kier molecular flexibility index (Phi) is 38.6. The molecule has 1 aliphatic carbocycles. The van der Waals surface area contributed by atoms with Crippen LogP contribution in [0.25, 0.3) is 33.4 Å². The molecule has 2 bridgehead atoms. The summed E-state index contributed by atoms with van der Waals surface area (Å²) in [5.74, 6) is -8.72. The fraction of sp³-hybridized carbons (Fsp3) is 0.622. The lowest BCUT2D eigenvalue weighted by molar-refractivity contribution is -0.265. The Morgan fingerprint density at radius 2 is 1.44 bits per heavy atom. The van der Waals surface area contributed by atoms with E-state index in [0.717, 1.165) is 45.7 Å². The molecule has 7 heterocycles. The summed E-state index contributed by atoms with van der Waals surface area (Å²) in [5, 5.41) is 51.7. The molecule has 0 unspecified atom stereocenters. The van der Waals surface area contributed by atoms with E-state index in [0.29, 0.717) is 197 Å². The van der Waals surface area contributed by atoms with Crippen molar-refractivity contribution in [2.45, 2.75) is 225 Å². The second-order valence-corrected chi connectivity index (χ2v) is 33.1. The van der Waals surface area contributed by atoms with Crippen LogP contribution >= 0.6 is 0 Å². The van der Waals surface area contributed by atoms with Gasteiger partial charge in [-0.15, -0.1) is 5.10 Å². The van der Waals surface area contributed by atoms with Gasteiger partial charge in [0, 0.05) is 88.7 Å². The number of oxazole rings is 1. The van der Waals surface area contributed by atoms with Crippen LogP contribution in [-0.2, 0) is 107 Å². The molecule has 10 N–H and O–H groups in total. The number of anilines is 2. The van der Waals surface area contributed by atoms with Gasteiger partial charge < -0.3 is 99.3 Å². The topological polar surface area (TPSA) is 458 Å². The number of nitrogens with one attached hydrogen (secondary N) is 1. The number of nitrogens with two attached hydrogens (primary N) is 3. The maximum absolute atomic E-state index is 14.7. The van der Waals surface area contributed by atoms with E-state index in [9.17, 15) is 44.1 Å². The first kappa shape index (κ1) is 97.2. The molecule has 2 aromatic carbocycles. The van der Waals surface area contributed by atoms with Crippen molar-refractivity contribution in [1.82, 2.24) is 49.9 Å². The molecule has 6 aromatic rings. The van der Waals surface area contributed by atoms with Crippen molar-refractivity contribution < 1.29 is 101 Å². The molecule has 124 heavy (non-hydrogen) atoms.